The number of pyridine rings is 1. The number of hydrogen-bond acceptors (Lipinski definition) is 5. The zero-order chi connectivity index (χ0) is 18.1. The second kappa shape index (κ2) is 6.39. The highest BCUT2D eigenvalue weighted by atomic mass is 19.4. The smallest absolute Gasteiger partial charge is 0.417 e. The molecule has 1 amide bonds. The van der Waals surface area contributed by atoms with E-state index in [-0.39, 0.29) is 17.8 Å². The first-order valence-electron chi connectivity index (χ1n) is 7.18. The van der Waals surface area contributed by atoms with Crippen molar-refractivity contribution < 1.29 is 32.2 Å². The van der Waals surface area contributed by atoms with Crippen LogP contribution < -0.4 is 5.32 Å². The summed E-state index contributed by atoms with van der Waals surface area (Å²) < 4.78 is 48.8. The van der Waals surface area contributed by atoms with Crippen molar-refractivity contribution >= 4 is 17.6 Å². The van der Waals surface area contributed by atoms with Gasteiger partial charge in [0.25, 0.3) is 5.91 Å². The predicted octanol–water partition coefficient (Wildman–Crippen LogP) is 2.55. The largest absolute Gasteiger partial charge is 0.464 e. The number of methoxy groups -OCH3 is 1. The molecule has 1 unspecified atom stereocenters. The van der Waals surface area contributed by atoms with Gasteiger partial charge in [-0.05, 0) is 31.4 Å². The van der Waals surface area contributed by atoms with Crippen molar-refractivity contribution in [3.05, 3.63) is 24.0 Å². The minimum atomic E-state index is -4.56. The highest BCUT2D eigenvalue weighted by Gasteiger charge is 2.61. The van der Waals surface area contributed by atoms with Gasteiger partial charge in [0.2, 0.25) is 0 Å². The number of anilines is 1. The molecule has 1 aliphatic rings. The molecule has 0 radical (unpaired) electrons. The molecule has 1 saturated heterocycles. The molecule has 2 heterocycles. The third kappa shape index (κ3) is 3.35. The highest BCUT2D eigenvalue weighted by Crippen LogP contribution is 2.46. The van der Waals surface area contributed by atoms with E-state index in [9.17, 15) is 22.8 Å². The molecule has 3 atom stereocenters. The number of carbonyl (C=O) groups is 2. The number of rotatable bonds is 3. The zero-order valence-corrected chi connectivity index (χ0v) is 13.3. The van der Waals surface area contributed by atoms with Crippen LogP contribution in [0.4, 0.5) is 18.9 Å². The Morgan fingerprint density at radius 3 is 2.54 bits per heavy atom. The minimum absolute atomic E-state index is 0.0461. The van der Waals surface area contributed by atoms with Crippen molar-refractivity contribution in [3.8, 4) is 0 Å². The van der Waals surface area contributed by atoms with E-state index in [0.29, 0.717) is 0 Å². The fraction of sp³-hybridized carbons (Fsp3) is 0.533. The lowest BCUT2D eigenvalue weighted by atomic mass is 9.89. The first kappa shape index (κ1) is 18.2. The maximum atomic E-state index is 13.1. The highest BCUT2D eigenvalue weighted by molar-refractivity contribution is 5.94. The van der Waals surface area contributed by atoms with E-state index < -0.39 is 35.7 Å². The van der Waals surface area contributed by atoms with E-state index in [1.54, 1.807) is 0 Å². The second-order valence-electron chi connectivity index (χ2n) is 5.76. The quantitative estimate of drug-likeness (QED) is 0.851. The topological polar surface area (TPSA) is 77.5 Å². The molecule has 1 N–H and O–H groups in total. The summed E-state index contributed by atoms with van der Waals surface area (Å²) in [6.07, 6.45) is -4.61. The molecule has 0 bridgehead atoms. The van der Waals surface area contributed by atoms with Gasteiger partial charge in [-0.1, -0.05) is 6.92 Å². The number of halogens is 3. The summed E-state index contributed by atoms with van der Waals surface area (Å²) in [4.78, 5) is 27.2. The molecule has 132 valence electrons. The normalized spacial score (nSPS) is 26.9. The van der Waals surface area contributed by atoms with Crippen molar-refractivity contribution in [2.45, 2.75) is 38.1 Å². The predicted molar refractivity (Wildman–Crippen MR) is 77.3 cm³/mol. The third-order valence-corrected chi connectivity index (χ3v) is 4.18. The maximum absolute atomic E-state index is 13.1. The van der Waals surface area contributed by atoms with E-state index in [1.165, 1.54) is 32.4 Å². The van der Waals surface area contributed by atoms with Gasteiger partial charge in [-0.3, -0.25) is 4.79 Å². The van der Waals surface area contributed by atoms with Crippen LogP contribution in [0, 0.1) is 5.92 Å². The Balaban J connectivity index is 2.05. The number of alkyl halides is 3. The summed E-state index contributed by atoms with van der Waals surface area (Å²) in [5, 5.41) is 2.43. The number of carbonyl (C=O) groups excluding carboxylic acids is 2. The van der Waals surface area contributed by atoms with Crippen molar-refractivity contribution in [2.24, 2.45) is 5.92 Å². The van der Waals surface area contributed by atoms with Crippen molar-refractivity contribution in [1.82, 2.24) is 4.98 Å². The molecule has 6 nitrogen and oxygen atoms in total. The summed E-state index contributed by atoms with van der Waals surface area (Å²) in [5.74, 6) is -2.18. The molecular weight excluding hydrogens is 329 g/mol. The Morgan fingerprint density at radius 2 is 2.08 bits per heavy atom. The molecule has 1 aliphatic heterocycles. The van der Waals surface area contributed by atoms with Gasteiger partial charge < -0.3 is 14.8 Å². The molecular formula is C15H17F3N2O4. The first-order chi connectivity index (χ1) is 11.1. The monoisotopic (exact) mass is 346 g/mol. The van der Waals surface area contributed by atoms with E-state index in [1.807, 2.05) is 0 Å². The first-order valence-corrected chi connectivity index (χ1v) is 7.18. The molecule has 24 heavy (non-hydrogen) atoms. The van der Waals surface area contributed by atoms with Crippen LogP contribution >= 0.6 is 0 Å². The average molecular weight is 346 g/mol. The van der Waals surface area contributed by atoms with E-state index in [0.717, 1.165) is 6.92 Å². The number of esters is 1. The Hall–Kier alpha value is -2.16. The van der Waals surface area contributed by atoms with Gasteiger partial charge in [0.1, 0.15) is 11.8 Å². The molecule has 0 aromatic carbocycles. The van der Waals surface area contributed by atoms with Crippen LogP contribution in [-0.4, -0.2) is 41.9 Å². The summed E-state index contributed by atoms with van der Waals surface area (Å²) >= 11 is 0. The van der Waals surface area contributed by atoms with Crippen molar-refractivity contribution in [1.29, 1.82) is 0 Å². The number of ether oxygens (including phenoxy) is 2. The van der Waals surface area contributed by atoms with Gasteiger partial charge in [-0.25, -0.2) is 9.78 Å². The van der Waals surface area contributed by atoms with E-state index >= 15 is 0 Å². The van der Waals surface area contributed by atoms with Crippen LogP contribution in [-0.2, 0) is 14.3 Å². The summed E-state index contributed by atoms with van der Waals surface area (Å²) in [7, 11) is 1.20. The average Bonchev–Trinajstić information content (AvgIpc) is 2.84. The lowest BCUT2D eigenvalue weighted by Gasteiger charge is -2.30. The minimum Gasteiger partial charge on any atom is -0.464 e. The van der Waals surface area contributed by atoms with E-state index in [2.05, 4.69) is 15.0 Å². The molecule has 1 fully saturated rings. The van der Waals surface area contributed by atoms with Crippen molar-refractivity contribution in [3.63, 3.8) is 0 Å². The van der Waals surface area contributed by atoms with Crippen LogP contribution in [0.3, 0.4) is 0 Å². The number of nitrogens with one attached hydrogen (secondary N) is 1. The standard InChI is InChI=1S/C15H17F3N2O4/c1-8-6-11(24-14(8,2)15(16,17)18)12(21)20-9-4-5-10(19-7-9)13(22)23-3/h4-5,7-8,11H,6H2,1-3H3,(H,20,21)/t8-,11?,14+/m0/s1. The van der Waals surface area contributed by atoms with Gasteiger partial charge in [-0.15, -0.1) is 0 Å². The van der Waals surface area contributed by atoms with Gasteiger partial charge in [0, 0.05) is 0 Å². The SMILES string of the molecule is COC(=O)c1ccc(NC(=O)C2C[C@H](C)[C@](C)(C(F)(F)F)O2)cn1. The van der Waals surface area contributed by atoms with Gasteiger partial charge in [0.05, 0.1) is 19.0 Å². The molecule has 0 spiro atoms. The van der Waals surface area contributed by atoms with Crippen LogP contribution in [0.1, 0.15) is 30.8 Å². The van der Waals surface area contributed by atoms with Crippen LogP contribution in [0.2, 0.25) is 0 Å². The zero-order valence-electron chi connectivity index (χ0n) is 13.3. The van der Waals surface area contributed by atoms with Crippen LogP contribution in [0.15, 0.2) is 18.3 Å². The number of amides is 1. The molecule has 2 rings (SSSR count). The number of hydrogen-bond donors (Lipinski definition) is 1. The number of aromatic nitrogens is 1. The Labute approximate surface area is 136 Å². The lowest BCUT2D eigenvalue weighted by molar-refractivity contribution is -0.272. The molecule has 9 heteroatoms. The van der Waals surface area contributed by atoms with Gasteiger partial charge in [-0.2, -0.15) is 13.2 Å². The lowest BCUT2D eigenvalue weighted by Crippen LogP contribution is -2.47. The fourth-order valence-corrected chi connectivity index (χ4v) is 2.43. The molecule has 0 saturated carbocycles. The van der Waals surface area contributed by atoms with Crippen LogP contribution in [0.25, 0.3) is 0 Å². The molecule has 1 aromatic heterocycles. The summed E-state index contributed by atoms with van der Waals surface area (Å²) in [6.45, 7) is 2.34. The maximum Gasteiger partial charge on any atom is 0.417 e. The molecule has 1 aromatic rings. The van der Waals surface area contributed by atoms with Crippen LogP contribution in [0.5, 0.6) is 0 Å². The summed E-state index contributed by atoms with van der Waals surface area (Å²) in [5.41, 5.74) is -2.07. The fourth-order valence-electron chi connectivity index (χ4n) is 2.43. The Bertz CT molecular complexity index is 633. The second-order valence-corrected chi connectivity index (χ2v) is 5.76. The summed E-state index contributed by atoms with van der Waals surface area (Å²) in [6, 6.07) is 2.73. The van der Waals surface area contributed by atoms with Crippen molar-refractivity contribution in [2.75, 3.05) is 12.4 Å². The molecule has 0 aliphatic carbocycles. The number of nitrogens with zero attached hydrogens (tertiary/aromatic N) is 1. The van der Waals surface area contributed by atoms with E-state index in [4.69, 9.17) is 4.74 Å². The Morgan fingerprint density at radius 1 is 1.42 bits per heavy atom. The van der Waals surface area contributed by atoms with Gasteiger partial charge in [0.15, 0.2) is 5.60 Å². The van der Waals surface area contributed by atoms with Gasteiger partial charge >= 0.3 is 12.1 Å². The third-order valence-electron chi connectivity index (χ3n) is 4.18. The Kier molecular flexibility index (Phi) is 4.84.